The van der Waals surface area contributed by atoms with Gasteiger partial charge in [-0.2, -0.15) is 4.31 Å². The number of rotatable bonds is 4. The van der Waals surface area contributed by atoms with Crippen molar-refractivity contribution in [2.24, 2.45) is 0 Å². The first-order valence-electron chi connectivity index (χ1n) is 9.95. The lowest BCUT2D eigenvalue weighted by Crippen LogP contribution is -2.36. The topological polar surface area (TPSA) is 79.4 Å². The molecular formula is C20H25N3O3S2. The highest BCUT2D eigenvalue weighted by atomic mass is 32.2. The van der Waals surface area contributed by atoms with Crippen LogP contribution in [0.2, 0.25) is 0 Å². The van der Waals surface area contributed by atoms with E-state index in [1.165, 1.54) is 33.0 Å². The van der Waals surface area contributed by atoms with Crippen molar-refractivity contribution in [2.45, 2.75) is 56.3 Å². The number of aryl methyl sites for hydroxylation is 2. The summed E-state index contributed by atoms with van der Waals surface area (Å²) in [5.74, 6) is -0.417. The summed E-state index contributed by atoms with van der Waals surface area (Å²) in [4.78, 5) is 18.8. The standard InChI is InChI=1S/C20H25N3O3S2/c24-19(22-20-21-16-10-3-1-4-11-17(16)27-20)15-9-5-6-12-18(15)28(25,26)23-13-7-2-8-14-23/h5-6,9,12H,1-4,7-8,10-11,13-14H2,(H,21,22,24). The number of benzene rings is 1. The third-order valence-electron chi connectivity index (χ3n) is 5.38. The zero-order chi connectivity index (χ0) is 19.6. The molecule has 1 aliphatic heterocycles. The average molecular weight is 420 g/mol. The number of hydrogen-bond acceptors (Lipinski definition) is 5. The monoisotopic (exact) mass is 419 g/mol. The Kier molecular flexibility index (Phi) is 5.80. The van der Waals surface area contributed by atoms with Crippen LogP contribution in [0, 0.1) is 0 Å². The zero-order valence-corrected chi connectivity index (χ0v) is 17.4. The molecule has 1 aromatic heterocycles. The van der Waals surface area contributed by atoms with Crippen LogP contribution < -0.4 is 5.32 Å². The van der Waals surface area contributed by atoms with Crippen molar-refractivity contribution in [3.05, 3.63) is 40.4 Å². The Morgan fingerprint density at radius 1 is 1.00 bits per heavy atom. The number of sulfonamides is 1. The van der Waals surface area contributed by atoms with Crippen molar-refractivity contribution >= 4 is 32.4 Å². The lowest BCUT2D eigenvalue weighted by molar-refractivity contribution is 0.102. The van der Waals surface area contributed by atoms with E-state index in [9.17, 15) is 13.2 Å². The lowest BCUT2D eigenvalue weighted by Gasteiger charge is -2.26. The SMILES string of the molecule is O=C(Nc1nc2c(s1)CCCCC2)c1ccccc1S(=O)(=O)N1CCCCC1. The third kappa shape index (κ3) is 3.99. The van der Waals surface area contributed by atoms with E-state index in [4.69, 9.17) is 0 Å². The molecule has 2 heterocycles. The molecule has 1 amide bonds. The number of piperidine rings is 1. The van der Waals surface area contributed by atoms with Crippen LogP contribution in [-0.4, -0.2) is 36.7 Å². The van der Waals surface area contributed by atoms with Crippen LogP contribution in [0.25, 0.3) is 0 Å². The highest BCUT2D eigenvalue weighted by molar-refractivity contribution is 7.89. The number of nitrogens with one attached hydrogen (secondary N) is 1. The van der Waals surface area contributed by atoms with Crippen molar-refractivity contribution in [1.29, 1.82) is 0 Å². The summed E-state index contributed by atoms with van der Waals surface area (Å²) >= 11 is 1.51. The Bertz CT molecular complexity index is 939. The van der Waals surface area contributed by atoms with Crippen LogP contribution in [0.5, 0.6) is 0 Å². The van der Waals surface area contributed by atoms with Gasteiger partial charge in [0.1, 0.15) is 0 Å². The molecular weight excluding hydrogens is 394 g/mol. The Morgan fingerprint density at radius 3 is 2.54 bits per heavy atom. The largest absolute Gasteiger partial charge is 0.298 e. The molecule has 0 bridgehead atoms. The van der Waals surface area contributed by atoms with Crippen LogP contribution >= 0.6 is 11.3 Å². The lowest BCUT2D eigenvalue weighted by atomic mass is 10.2. The molecule has 0 spiro atoms. The number of fused-ring (bicyclic) bond motifs is 1. The molecule has 6 nitrogen and oxygen atoms in total. The maximum Gasteiger partial charge on any atom is 0.258 e. The van der Waals surface area contributed by atoms with E-state index in [2.05, 4.69) is 10.3 Å². The summed E-state index contributed by atoms with van der Waals surface area (Å²) in [6.07, 6.45) is 8.21. The van der Waals surface area contributed by atoms with E-state index >= 15 is 0 Å². The molecule has 0 unspecified atom stereocenters. The molecule has 1 N–H and O–H groups in total. The number of hydrogen-bond donors (Lipinski definition) is 1. The highest BCUT2D eigenvalue weighted by Crippen LogP contribution is 2.30. The Labute approximate surface area is 170 Å². The van der Waals surface area contributed by atoms with Gasteiger partial charge in [0, 0.05) is 18.0 Å². The van der Waals surface area contributed by atoms with Crippen molar-refractivity contribution in [2.75, 3.05) is 18.4 Å². The minimum atomic E-state index is -3.68. The predicted octanol–water partition coefficient (Wildman–Crippen LogP) is 3.84. The summed E-state index contributed by atoms with van der Waals surface area (Å²) in [6.45, 7) is 1.02. The molecule has 150 valence electrons. The highest BCUT2D eigenvalue weighted by Gasteiger charge is 2.30. The fraction of sp³-hybridized carbons (Fsp3) is 0.500. The predicted molar refractivity (Wildman–Crippen MR) is 110 cm³/mol. The van der Waals surface area contributed by atoms with Crippen LogP contribution in [-0.2, 0) is 22.9 Å². The molecule has 1 aromatic carbocycles. The Morgan fingerprint density at radius 2 is 1.71 bits per heavy atom. The molecule has 0 radical (unpaired) electrons. The van der Waals surface area contributed by atoms with Gasteiger partial charge >= 0.3 is 0 Å². The van der Waals surface area contributed by atoms with Crippen molar-refractivity contribution in [3.63, 3.8) is 0 Å². The number of thiazole rings is 1. The quantitative estimate of drug-likeness (QED) is 0.764. The summed E-state index contributed by atoms with van der Waals surface area (Å²) in [5, 5.41) is 3.39. The van der Waals surface area contributed by atoms with Crippen LogP contribution in [0.4, 0.5) is 5.13 Å². The Hall–Kier alpha value is -1.77. The number of nitrogens with zero attached hydrogens (tertiary/aromatic N) is 2. The van der Waals surface area contributed by atoms with Crippen LogP contribution in [0.3, 0.4) is 0 Å². The smallest absolute Gasteiger partial charge is 0.258 e. The fourth-order valence-corrected chi connectivity index (χ4v) is 6.62. The first-order chi connectivity index (χ1) is 13.6. The number of carbonyl (C=O) groups excluding carboxylic acids is 1. The second-order valence-corrected chi connectivity index (χ2v) is 10.4. The van der Waals surface area contributed by atoms with Crippen LogP contribution in [0.1, 0.15) is 59.5 Å². The average Bonchev–Trinajstić information content (AvgIpc) is 2.96. The first kappa shape index (κ1) is 19.5. The van der Waals surface area contributed by atoms with E-state index in [-0.39, 0.29) is 10.5 Å². The van der Waals surface area contributed by atoms with Gasteiger partial charge in [0.2, 0.25) is 10.0 Å². The molecule has 4 rings (SSSR count). The molecule has 28 heavy (non-hydrogen) atoms. The molecule has 1 fully saturated rings. The maximum absolute atomic E-state index is 13.1. The molecule has 2 aliphatic rings. The zero-order valence-electron chi connectivity index (χ0n) is 15.8. The first-order valence-corrected chi connectivity index (χ1v) is 12.2. The summed E-state index contributed by atoms with van der Waals surface area (Å²) in [6, 6.07) is 6.46. The number of amides is 1. The van der Waals surface area contributed by atoms with Gasteiger partial charge in [-0.05, 0) is 50.7 Å². The Balaban J connectivity index is 1.59. The second kappa shape index (κ2) is 8.31. The second-order valence-electron chi connectivity index (χ2n) is 7.36. The molecule has 0 saturated carbocycles. The number of anilines is 1. The molecule has 0 atom stereocenters. The van der Waals surface area contributed by atoms with Gasteiger partial charge in [0.05, 0.1) is 16.2 Å². The van der Waals surface area contributed by atoms with Gasteiger partial charge in [0.15, 0.2) is 5.13 Å². The summed E-state index contributed by atoms with van der Waals surface area (Å²) in [5.41, 5.74) is 1.26. The molecule has 2 aromatic rings. The van der Waals surface area contributed by atoms with Crippen molar-refractivity contribution in [3.8, 4) is 0 Å². The summed E-state index contributed by atoms with van der Waals surface area (Å²) in [7, 11) is -3.68. The normalized spacial score (nSPS) is 18.3. The summed E-state index contributed by atoms with van der Waals surface area (Å²) < 4.78 is 27.7. The molecule has 1 aliphatic carbocycles. The third-order valence-corrected chi connectivity index (χ3v) is 8.41. The van der Waals surface area contributed by atoms with E-state index in [1.54, 1.807) is 18.2 Å². The fourth-order valence-electron chi connectivity index (χ4n) is 3.87. The van der Waals surface area contributed by atoms with E-state index in [0.29, 0.717) is 18.2 Å². The number of aromatic nitrogens is 1. The maximum atomic E-state index is 13.1. The van der Waals surface area contributed by atoms with Gasteiger partial charge in [-0.15, -0.1) is 11.3 Å². The minimum absolute atomic E-state index is 0.0764. The van der Waals surface area contributed by atoms with Crippen molar-refractivity contribution in [1.82, 2.24) is 9.29 Å². The van der Waals surface area contributed by atoms with Gasteiger partial charge in [-0.3, -0.25) is 10.1 Å². The molecule has 8 heteroatoms. The van der Waals surface area contributed by atoms with Crippen LogP contribution in [0.15, 0.2) is 29.2 Å². The van der Waals surface area contributed by atoms with E-state index in [0.717, 1.165) is 50.6 Å². The van der Waals surface area contributed by atoms with Gasteiger partial charge in [-0.25, -0.2) is 13.4 Å². The van der Waals surface area contributed by atoms with Gasteiger partial charge < -0.3 is 0 Å². The minimum Gasteiger partial charge on any atom is -0.298 e. The number of carbonyl (C=O) groups is 1. The van der Waals surface area contributed by atoms with E-state index in [1.807, 2.05) is 0 Å². The van der Waals surface area contributed by atoms with Crippen molar-refractivity contribution < 1.29 is 13.2 Å². The van der Waals surface area contributed by atoms with E-state index < -0.39 is 15.9 Å². The van der Waals surface area contributed by atoms with Gasteiger partial charge in [-0.1, -0.05) is 25.0 Å². The van der Waals surface area contributed by atoms with Gasteiger partial charge in [0.25, 0.3) is 5.91 Å². The molecule has 1 saturated heterocycles.